The zero-order chi connectivity index (χ0) is 22.0. The fourth-order valence-electron chi connectivity index (χ4n) is 4.04. The molecule has 0 spiro atoms. The summed E-state index contributed by atoms with van der Waals surface area (Å²) in [6.07, 6.45) is 5.43. The number of aryl methyl sites for hydroxylation is 3. The van der Waals surface area contributed by atoms with Crippen LogP contribution in [0.5, 0.6) is 0 Å². The summed E-state index contributed by atoms with van der Waals surface area (Å²) >= 11 is 0. The first-order chi connectivity index (χ1) is 14.9. The second kappa shape index (κ2) is 8.77. The number of benzene rings is 1. The third-order valence-corrected chi connectivity index (χ3v) is 5.76. The standard InChI is InChI=1S/C23H28N6O2/c1-17-7-6-8-18(2)21(17)25-20(30)16-27-11-13-29(14-12-27)23(31)19-15-24-26(3)22(19)28-9-4-5-10-28/h4-10,15H,11-14,16H2,1-3H3,(H,25,30). The highest BCUT2D eigenvalue weighted by atomic mass is 16.2. The van der Waals surface area contributed by atoms with Crippen LogP contribution >= 0.6 is 0 Å². The van der Waals surface area contributed by atoms with Crippen LogP contribution in [0.1, 0.15) is 21.5 Å². The van der Waals surface area contributed by atoms with Gasteiger partial charge >= 0.3 is 0 Å². The Balaban J connectivity index is 1.35. The maximum Gasteiger partial charge on any atom is 0.259 e. The zero-order valence-corrected chi connectivity index (χ0v) is 18.2. The van der Waals surface area contributed by atoms with Crippen LogP contribution in [0, 0.1) is 13.8 Å². The lowest BCUT2D eigenvalue weighted by Gasteiger charge is -2.34. The first kappa shape index (κ1) is 20.9. The minimum Gasteiger partial charge on any atom is -0.336 e. The van der Waals surface area contributed by atoms with E-state index < -0.39 is 0 Å². The highest BCUT2D eigenvalue weighted by Crippen LogP contribution is 2.20. The Morgan fingerprint density at radius 2 is 1.65 bits per heavy atom. The monoisotopic (exact) mass is 420 g/mol. The Labute approximate surface area is 182 Å². The average Bonchev–Trinajstić information content (AvgIpc) is 3.40. The number of aromatic nitrogens is 3. The summed E-state index contributed by atoms with van der Waals surface area (Å²) in [5.41, 5.74) is 3.58. The van der Waals surface area contributed by atoms with Gasteiger partial charge < -0.3 is 14.8 Å². The van der Waals surface area contributed by atoms with E-state index in [1.165, 1.54) is 0 Å². The predicted molar refractivity (Wildman–Crippen MR) is 119 cm³/mol. The van der Waals surface area contributed by atoms with Crippen molar-refractivity contribution in [2.75, 3.05) is 38.0 Å². The van der Waals surface area contributed by atoms with Gasteiger partial charge in [0.15, 0.2) is 0 Å². The van der Waals surface area contributed by atoms with Crippen LogP contribution in [0.3, 0.4) is 0 Å². The largest absolute Gasteiger partial charge is 0.336 e. The van der Waals surface area contributed by atoms with E-state index in [1.54, 1.807) is 10.9 Å². The Hall–Kier alpha value is -3.39. The molecule has 1 aromatic carbocycles. The first-order valence-corrected chi connectivity index (χ1v) is 10.5. The van der Waals surface area contributed by atoms with Gasteiger partial charge in [-0.25, -0.2) is 0 Å². The molecule has 3 heterocycles. The van der Waals surface area contributed by atoms with Crippen molar-refractivity contribution < 1.29 is 9.59 Å². The van der Waals surface area contributed by atoms with Crippen LogP contribution in [0.15, 0.2) is 48.9 Å². The van der Waals surface area contributed by atoms with E-state index in [1.807, 2.05) is 73.1 Å². The van der Waals surface area contributed by atoms with Crippen molar-refractivity contribution in [1.29, 1.82) is 0 Å². The lowest BCUT2D eigenvalue weighted by atomic mass is 10.1. The second-order valence-corrected chi connectivity index (χ2v) is 7.98. The molecule has 8 heteroatoms. The summed E-state index contributed by atoms with van der Waals surface area (Å²) in [6.45, 7) is 6.78. The summed E-state index contributed by atoms with van der Waals surface area (Å²) in [7, 11) is 1.83. The summed E-state index contributed by atoms with van der Waals surface area (Å²) in [4.78, 5) is 29.6. The molecule has 3 aromatic rings. The van der Waals surface area contributed by atoms with Crippen molar-refractivity contribution >= 4 is 17.5 Å². The van der Waals surface area contributed by atoms with Crippen LogP contribution in [0.2, 0.25) is 0 Å². The predicted octanol–water partition coefficient (Wildman–Crippen LogP) is 2.22. The second-order valence-electron chi connectivity index (χ2n) is 7.98. The van der Waals surface area contributed by atoms with Gasteiger partial charge in [0.25, 0.3) is 5.91 Å². The molecule has 0 radical (unpaired) electrons. The number of nitrogens with zero attached hydrogens (tertiary/aromatic N) is 5. The minimum atomic E-state index is -0.0311. The van der Waals surface area contributed by atoms with Gasteiger partial charge in [0.2, 0.25) is 5.91 Å². The van der Waals surface area contributed by atoms with E-state index in [4.69, 9.17) is 0 Å². The van der Waals surface area contributed by atoms with Crippen LogP contribution in [0.4, 0.5) is 5.69 Å². The molecule has 2 amide bonds. The molecule has 1 N–H and O–H groups in total. The highest BCUT2D eigenvalue weighted by molar-refractivity contribution is 5.97. The van der Waals surface area contributed by atoms with Crippen LogP contribution < -0.4 is 5.32 Å². The molecule has 31 heavy (non-hydrogen) atoms. The zero-order valence-electron chi connectivity index (χ0n) is 18.2. The average molecular weight is 421 g/mol. The number of carbonyl (C=O) groups is 2. The number of nitrogens with one attached hydrogen (secondary N) is 1. The van der Waals surface area contributed by atoms with E-state index in [-0.39, 0.29) is 11.8 Å². The van der Waals surface area contributed by atoms with E-state index in [0.717, 1.165) is 22.6 Å². The summed E-state index contributed by atoms with van der Waals surface area (Å²) < 4.78 is 3.61. The molecule has 0 aliphatic carbocycles. The van der Waals surface area contributed by atoms with E-state index in [9.17, 15) is 9.59 Å². The third kappa shape index (κ3) is 4.39. The van der Waals surface area contributed by atoms with Gasteiger partial charge in [0, 0.05) is 51.3 Å². The topological polar surface area (TPSA) is 75.4 Å². The summed E-state index contributed by atoms with van der Waals surface area (Å²) in [6, 6.07) is 9.81. The molecule has 1 aliphatic heterocycles. The normalized spacial score (nSPS) is 14.6. The Bertz CT molecular complexity index is 1060. The molecular formula is C23H28N6O2. The van der Waals surface area contributed by atoms with Crippen molar-refractivity contribution in [3.63, 3.8) is 0 Å². The van der Waals surface area contributed by atoms with Crippen molar-refractivity contribution in [2.24, 2.45) is 7.05 Å². The summed E-state index contributed by atoms with van der Waals surface area (Å²) in [5, 5.41) is 7.32. The van der Waals surface area contributed by atoms with Gasteiger partial charge in [-0.3, -0.25) is 19.2 Å². The SMILES string of the molecule is Cc1cccc(C)c1NC(=O)CN1CCN(C(=O)c2cnn(C)c2-n2cccc2)CC1. The molecule has 2 aromatic heterocycles. The molecule has 4 rings (SSSR count). The Kier molecular flexibility index (Phi) is 5.90. The van der Waals surface area contributed by atoms with E-state index in [0.29, 0.717) is 38.3 Å². The number of carbonyl (C=O) groups excluding carboxylic acids is 2. The molecule has 0 saturated carbocycles. The number of piperazine rings is 1. The van der Waals surface area contributed by atoms with Gasteiger partial charge in [0.1, 0.15) is 11.4 Å². The smallest absolute Gasteiger partial charge is 0.259 e. The van der Waals surface area contributed by atoms with Crippen LogP contribution in [-0.2, 0) is 11.8 Å². The lowest BCUT2D eigenvalue weighted by molar-refractivity contribution is -0.117. The number of hydrogen-bond donors (Lipinski definition) is 1. The minimum absolute atomic E-state index is 0.0284. The number of rotatable bonds is 5. The molecule has 1 fully saturated rings. The quantitative estimate of drug-likeness (QED) is 0.687. The number of para-hydroxylation sites is 1. The fraction of sp³-hybridized carbons (Fsp3) is 0.348. The van der Waals surface area contributed by atoms with E-state index >= 15 is 0 Å². The molecule has 0 unspecified atom stereocenters. The molecule has 0 bridgehead atoms. The molecule has 1 aliphatic rings. The van der Waals surface area contributed by atoms with Gasteiger partial charge in [-0.05, 0) is 37.1 Å². The fourth-order valence-corrected chi connectivity index (χ4v) is 4.04. The third-order valence-electron chi connectivity index (χ3n) is 5.76. The maximum atomic E-state index is 13.1. The Morgan fingerprint density at radius 3 is 2.29 bits per heavy atom. The number of amides is 2. The molecule has 8 nitrogen and oxygen atoms in total. The van der Waals surface area contributed by atoms with Gasteiger partial charge in [-0.15, -0.1) is 0 Å². The number of anilines is 1. The van der Waals surface area contributed by atoms with Crippen LogP contribution in [-0.4, -0.2) is 68.7 Å². The Morgan fingerprint density at radius 1 is 1.00 bits per heavy atom. The lowest BCUT2D eigenvalue weighted by Crippen LogP contribution is -2.50. The van der Waals surface area contributed by atoms with E-state index in [2.05, 4.69) is 15.3 Å². The van der Waals surface area contributed by atoms with Crippen molar-refractivity contribution in [1.82, 2.24) is 24.1 Å². The molecule has 0 atom stereocenters. The van der Waals surface area contributed by atoms with Gasteiger partial charge in [-0.1, -0.05) is 18.2 Å². The molecular weight excluding hydrogens is 392 g/mol. The molecule has 1 saturated heterocycles. The van der Waals surface area contributed by atoms with Gasteiger partial charge in [0.05, 0.1) is 12.7 Å². The first-order valence-electron chi connectivity index (χ1n) is 10.5. The highest BCUT2D eigenvalue weighted by Gasteiger charge is 2.27. The molecule has 162 valence electrons. The van der Waals surface area contributed by atoms with Crippen molar-refractivity contribution in [2.45, 2.75) is 13.8 Å². The van der Waals surface area contributed by atoms with Crippen molar-refractivity contribution in [3.05, 3.63) is 65.6 Å². The summed E-state index contributed by atoms with van der Waals surface area (Å²) in [5.74, 6) is 0.696. The maximum absolute atomic E-state index is 13.1. The number of hydrogen-bond acceptors (Lipinski definition) is 4. The van der Waals surface area contributed by atoms with Crippen molar-refractivity contribution in [3.8, 4) is 5.82 Å². The van der Waals surface area contributed by atoms with Crippen LogP contribution in [0.25, 0.3) is 5.82 Å². The van der Waals surface area contributed by atoms with Gasteiger partial charge in [-0.2, -0.15) is 5.10 Å².